The molecule has 0 saturated carbocycles. The molecule has 0 bridgehead atoms. The van der Waals surface area contributed by atoms with Crippen molar-refractivity contribution in [3.05, 3.63) is 82.6 Å². The van der Waals surface area contributed by atoms with E-state index in [4.69, 9.17) is 37.4 Å². The Morgan fingerprint density at radius 3 is 2.22 bits per heavy atom. The van der Waals surface area contributed by atoms with Crippen LogP contribution in [0.3, 0.4) is 0 Å². The monoisotopic (exact) mass is 610 g/mol. The SMILES string of the molecule is CCOC(=O)C(C(=O)OCC)C(Nc1nc2ccc(Cl)cc2s1)c1ccc(Oc2ncnc3ccc(Cl)cc23)cc1. The minimum atomic E-state index is -1.30. The number of aromatic nitrogens is 3. The van der Waals surface area contributed by atoms with Gasteiger partial charge in [-0.2, -0.15) is 0 Å². The molecule has 1 N–H and O–H groups in total. The molecule has 12 heteroatoms. The van der Waals surface area contributed by atoms with Crippen LogP contribution in [0.2, 0.25) is 10.0 Å². The molecule has 0 aliphatic heterocycles. The van der Waals surface area contributed by atoms with E-state index in [9.17, 15) is 9.59 Å². The van der Waals surface area contributed by atoms with Gasteiger partial charge in [0.15, 0.2) is 11.0 Å². The Morgan fingerprint density at radius 2 is 1.54 bits per heavy atom. The lowest BCUT2D eigenvalue weighted by molar-refractivity contribution is -0.162. The highest BCUT2D eigenvalue weighted by Crippen LogP contribution is 2.36. The second-order valence-electron chi connectivity index (χ2n) is 8.75. The Hall–Kier alpha value is -3.99. The van der Waals surface area contributed by atoms with Crippen LogP contribution in [0.5, 0.6) is 11.6 Å². The lowest BCUT2D eigenvalue weighted by Crippen LogP contribution is -2.36. The van der Waals surface area contributed by atoms with E-state index in [1.807, 2.05) is 0 Å². The molecule has 9 nitrogen and oxygen atoms in total. The second kappa shape index (κ2) is 12.7. The number of carbonyl (C=O) groups is 2. The number of nitrogens with one attached hydrogen (secondary N) is 1. The fourth-order valence-corrected chi connectivity index (χ4v) is 5.58. The van der Waals surface area contributed by atoms with Gasteiger partial charge in [0.05, 0.1) is 40.4 Å². The van der Waals surface area contributed by atoms with Gasteiger partial charge in [-0.1, -0.05) is 46.7 Å². The molecule has 0 spiro atoms. The molecule has 1 atom stereocenters. The van der Waals surface area contributed by atoms with E-state index in [1.54, 1.807) is 74.5 Å². The van der Waals surface area contributed by atoms with Crippen molar-refractivity contribution in [3.8, 4) is 11.6 Å². The highest BCUT2D eigenvalue weighted by molar-refractivity contribution is 7.22. The average molecular weight is 612 g/mol. The lowest BCUT2D eigenvalue weighted by atomic mass is 9.92. The maximum Gasteiger partial charge on any atom is 0.322 e. The number of hydrogen-bond donors (Lipinski definition) is 1. The van der Waals surface area contributed by atoms with E-state index in [1.165, 1.54) is 17.7 Å². The first-order valence-corrected chi connectivity index (χ1v) is 14.3. The molecule has 0 amide bonds. The fraction of sp³-hybridized carbons (Fsp3) is 0.207. The van der Waals surface area contributed by atoms with Crippen molar-refractivity contribution in [1.29, 1.82) is 0 Å². The predicted molar refractivity (Wildman–Crippen MR) is 159 cm³/mol. The van der Waals surface area contributed by atoms with Crippen LogP contribution in [-0.2, 0) is 19.1 Å². The van der Waals surface area contributed by atoms with Gasteiger partial charge in [-0.3, -0.25) is 9.59 Å². The van der Waals surface area contributed by atoms with Crippen molar-refractivity contribution in [2.45, 2.75) is 19.9 Å². The van der Waals surface area contributed by atoms with Crippen molar-refractivity contribution < 1.29 is 23.8 Å². The average Bonchev–Trinajstić information content (AvgIpc) is 3.35. The number of thiazole rings is 1. The molecule has 0 saturated heterocycles. The first kappa shape index (κ1) is 28.5. The van der Waals surface area contributed by atoms with Gasteiger partial charge >= 0.3 is 11.9 Å². The molecular formula is C29H24Cl2N4O5S. The molecule has 1 unspecified atom stereocenters. The van der Waals surface area contributed by atoms with Gasteiger partial charge in [-0.15, -0.1) is 0 Å². The maximum atomic E-state index is 13.1. The van der Waals surface area contributed by atoms with E-state index >= 15 is 0 Å². The summed E-state index contributed by atoms with van der Waals surface area (Å²) in [7, 11) is 0. The molecule has 41 heavy (non-hydrogen) atoms. The zero-order chi connectivity index (χ0) is 28.9. The van der Waals surface area contributed by atoms with Crippen LogP contribution < -0.4 is 10.1 Å². The highest BCUT2D eigenvalue weighted by Gasteiger charge is 2.39. The molecule has 0 radical (unpaired) electrons. The molecule has 0 aliphatic rings. The summed E-state index contributed by atoms with van der Waals surface area (Å²) in [6.07, 6.45) is 1.41. The van der Waals surface area contributed by atoms with Gasteiger partial charge in [0.2, 0.25) is 5.88 Å². The Kier molecular flexibility index (Phi) is 8.82. The molecule has 5 aromatic rings. The van der Waals surface area contributed by atoms with E-state index < -0.39 is 23.9 Å². The van der Waals surface area contributed by atoms with Crippen LogP contribution in [0.4, 0.5) is 5.13 Å². The summed E-state index contributed by atoms with van der Waals surface area (Å²) in [5, 5.41) is 5.53. The largest absolute Gasteiger partial charge is 0.465 e. The van der Waals surface area contributed by atoms with Gasteiger partial charge in [-0.25, -0.2) is 15.0 Å². The minimum Gasteiger partial charge on any atom is -0.465 e. The Balaban J connectivity index is 1.50. The summed E-state index contributed by atoms with van der Waals surface area (Å²) in [6, 6.07) is 16.7. The Bertz CT molecular complexity index is 1700. The van der Waals surface area contributed by atoms with E-state index in [0.717, 1.165) is 10.2 Å². The lowest BCUT2D eigenvalue weighted by Gasteiger charge is -2.25. The topological polar surface area (TPSA) is 113 Å². The smallest absolute Gasteiger partial charge is 0.322 e. The number of rotatable bonds is 10. The Labute approximate surface area is 249 Å². The third kappa shape index (κ3) is 6.51. The molecule has 210 valence electrons. The summed E-state index contributed by atoms with van der Waals surface area (Å²) >= 11 is 13.7. The minimum absolute atomic E-state index is 0.102. The number of fused-ring (bicyclic) bond motifs is 2. The first-order chi connectivity index (χ1) is 19.9. The van der Waals surface area contributed by atoms with Crippen LogP contribution in [0, 0.1) is 5.92 Å². The van der Waals surface area contributed by atoms with Gasteiger partial charge in [-0.05, 0) is 67.9 Å². The zero-order valence-corrected chi connectivity index (χ0v) is 24.3. The number of benzene rings is 3. The van der Waals surface area contributed by atoms with Gasteiger partial charge in [0, 0.05) is 10.0 Å². The van der Waals surface area contributed by atoms with Crippen molar-refractivity contribution in [1.82, 2.24) is 15.0 Å². The normalized spacial score (nSPS) is 11.9. The molecule has 2 heterocycles. The third-order valence-electron chi connectivity index (χ3n) is 6.06. The number of carbonyl (C=O) groups excluding carboxylic acids is 2. The number of ether oxygens (including phenoxy) is 3. The standard InChI is InChI=1S/C29H24Cl2N4O5S/c1-3-38-27(36)24(28(37)39-4-2)25(35-29-34-22-12-8-18(31)14-23(22)41-29)16-5-9-19(10-6-16)40-26-20-13-17(30)7-11-21(20)32-15-33-26/h5-15,24-25H,3-4H2,1-2H3,(H,34,35). The quantitative estimate of drug-likeness (QED) is 0.129. The maximum absolute atomic E-state index is 13.1. The number of halogens is 2. The van der Waals surface area contributed by atoms with Gasteiger partial charge in [0.25, 0.3) is 0 Å². The summed E-state index contributed by atoms with van der Waals surface area (Å²) in [5.41, 5.74) is 2.02. The molecule has 2 aromatic heterocycles. The van der Waals surface area contributed by atoms with Gasteiger partial charge < -0.3 is 19.5 Å². The van der Waals surface area contributed by atoms with Crippen LogP contribution >= 0.6 is 34.5 Å². The van der Waals surface area contributed by atoms with Crippen molar-refractivity contribution in [3.63, 3.8) is 0 Å². The van der Waals surface area contributed by atoms with Crippen LogP contribution in [0.15, 0.2) is 67.0 Å². The second-order valence-corrected chi connectivity index (χ2v) is 10.6. The van der Waals surface area contributed by atoms with E-state index in [0.29, 0.717) is 43.3 Å². The molecular weight excluding hydrogens is 587 g/mol. The third-order valence-corrected chi connectivity index (χ3v) is 7.48. The number of nitrogens with zero attached hydrogens (tertiary/aromatic N) is 3. The first-order valence-electron chi connectivity index (χ1n) is 12.7. The van der Waals surface area contributed by atoms with Gasteiger partial charge in [0.1, 0.15) is 12.1 Å². The van der Waals surface area contributed by atoms with Crippen molar-refractivity contribution in [2.24, 2.45) is 5.92 Å². The van der Waals surface area contributed by atoms with E-state index in [-0.39, 0.29) is 13.2 Å². The molecule has 0 fully saturated rings. The number of hydrogen-bond acceptors (Lipinski definition) is 10. The fourth-order valence-electron chi connectivity index (χ4n) is 4.23. The zero-order valence-electron chi connectivity index (χ0n) is 22.0. The molecule has 5 rings (SSSR count). The van der Waals surface area contributed by atoms with Crippen LogP contribution in [-0.4, -0.2) is 40.1 Å². The summed E-state index contributed by atoms with van der Waals surface area (Å²) < 4.78 is 17.4. The van der Waals surface area contributed by atoms with Crippen LogP contribution in [0.25, 0.3) is 21.1 Å². The van der Waals surface area contributed by atoms with E-state index in [2.05, 4.69) is 20.3 Å². The molecule has 3 aromatic carbocycles. The number of esters is 2. The van der Waals surface area contributed by atoms with Crippen LogP contribution in [0.1, 0.15) is 25.5 Å². The Morgan fingerprint density at radius 1 is 0.878 bits per heavy atom. The highest BCUT2D eigenvalue weighted by atomic mass is 35.5. The summed E-state index contributed by atoms with van der Waals surface area (Å²) in [6.45, 7) is 3.56. The summed E-state index contributed by atoms with van der Waals surface area (Å²) in [4.78, 5) is 39.3. The van der Waals surface area contributed by atoms with Crippen molar-refractivity contribution >= 4 is 72.7 Å². The molecule has 0 aliphatic carbocycles. The summed E-state index contributed by atoms with van der Waals surface area (Å²) in [5.74, 6) is -1.91. The number of anilines is 1. The predicted octanol–water partition coefficient (Wildman–Crippen LogP) is 7.23. The van der Waals surface area contributed by atoms with Crippen molar-refractivity contribution in [2.75, 3.05) is 18.5 Å².